The number of hydrogen-bond acceptors (Lipinski definition) is 4. The van der Waals surface area contributed by atoms with Crippen LogP contribution in [-0.4, -0.2) is 9.78 Å². The Kier molecular flexibility index (Phi) is 2.86. The third kappa shape index (κ3) is 1.94. The Morgan fingerprint density at radius 1 is 1.60 bits per heavy atom. The standard InChI is InChI=1S/C10H14N4S/c1-7-9(5-14(2)13-7)10(12-11)8-3-4-15-6-8/h3-6,10,12H,11H2,1-2H3. The van der Waals surface area contributed by atoms with Gasteiger partial charge in [0.15, 0.2) is 0 Å². The lowest BCUT2D eigenvalue weighted by molar-refractivity contribution is 0.635. The number of nitrogens with two attached hydrogens (primary N) is 1. The van der Waals surface area contributed by atoms with Gasteiger partial charge in [0, 0.05) is 18.8 Å². The molecule has 2 aromatic heterocycles. The molecule has 0 amide bonds. The molecule has 2 heterocycles. The number of aryl methyl sites for hydroxylation is 2. The van der Waals surface area contributed by atoms with Crippen molar-refractivity contribution in [2.24, 2.45) is 12.9 Å². The predicted molar refractivity (Wildman–Crippen MR) is 61.4 cm³/mol. The minimum absolute atomic E-state index is 0.0324. The minimum atomic E-state index is 0.0324. The summed E-state index contributed by atoms with van der Waals surface area (Å²) in [4.78, 5) is 0. The number of rotatable bonds is 3. The van der Waals surface area contributed by atoms with E-state index < -0.39 is 0 Å². The molecule has 0 fully saturated rings. The normalized spacial score (nSPS) is 13.0. The first-order valence-electron chi connectivity index (χ1n) is 4.70. The summed E-state index contributed by atoms with van der Waals surface area (Å²) in [5.74, 6) is 5.59. The molecule has 0 radical (unpaired) electrons. The summed E-state index contributed by atoms with van der Waals surface area (Å²) in [6.45, 7) is 1.99. The van der Waals surface area contributed by atoms with Crippen LogP contribution in [0.15, 0.2) is 23.0 Å². The molecule has 0 aliphatic rings. The summed E-state index contributed by atoms with van der Waals surface area (Å²) in [5.41, 5.74) is 6.14. The Morgan fingerprint density at radius 3 is 2.87 bits per heavy atom. The van der Waals surface area contributed by atoms with Crippen LogP contribution in [0.1, 0.15) is 22.9 Å². The fourth-order valence-electron chi connectivity index (χ4n) is 1.71. The molecule has 2 rings (SSSR count). The molecule has 4 nitrogen and oxygen atoms in total. The van der Waals surface area contributed by atoms with Gasteiger partial charge in [0.2, 0.25) is 0 Å². The third-order valence-electron chi connectivity index (χ3n) is 2.41. The molecular formula is C10H14N4S. The summed E-state index contributed by atoms with van der Waals surface area (Å²) >= 11 is 1.67. The van der Waals surface area contributed by atoms with Crippen LogP contribution in [0.5, 0.6) is 0 Å². The molecule has 0 aliphatic heterocycles. The zero-order valence-electron chi connectivity index (χ0n) is 8.77. The number of nitrogens with one attached hydrogen (secondary N) is 1. The van der Waals surface area contributed by atoms with Crippen LogP contribution in [0, 0.1) is 6.92 Å². The predicted octanol–water partition coefficient (Wildman–Crippen LogP) is 1.34. The maximum absolute atomic E-state index is 5.59. The average molecular weight is 222 g/mol. The van der Waals surface area contributed by atoms with E-state index in [1.807, 2.05) is 25.5 Å². The summed E-state index contributed by atoms with van der Waals surface area (Å²) in [6, 6.07) is 2.10. The lowest BCUT2D eigenvalue weighted by Crippen LogP contribution is -2.28. The van der Waals surface area contributed by atoms with Crippen molar-refractivity contribution in [2.75, 3.05) is 0 Å². The van der Waals surface area contributed by atoms with Gasteiger partial charge in [0.25, 0.3) is 0 Å². The zero-order valence-corrected chi connectivity index (χ0v) is 9.58. The first kappa shape index (κ1) is 10.4. The van der Waals surface area contributed by atoms with Gasteiger partial charge >= 0.3 is 0 Å². The van der Waals surface area contributed by atoms with Crippen molar-refractivity contribution in [1.82, 2.24) is 15.2 Å². The van der Waals surface area contributed by atoms with Crippen LogP contribution < -0.4 is 11.3 Å². The van der Waals surface area contributed by atoms with Gasteiger partial charge in [-0.1, -0.05) is 0 Å². The molecule has 3 N–H and O–H groups in total. The van der Waals surface area contributed by atoms with Gasteiger partial charge in [0.1, 0.15) is 0 Å². The van der Waals surface area contributed by atoms with Crippen molar-refractivity contribution < 1.29 is 0 Å². The first-order valence-corrected chi connectivity index (χ1v) is 5.65. The van der Waals surface area contributed by atoms with Crippen LogP contribution in [0.25, 0.3) is 0 Å². The maximum atomic E-state index is 5.59. The molecule has 1 atom stereocenters. The molecule has 0 aromatic carbocycles. The van der Waals surface area contributed by atoms with E-state index >= 15 is 0 Å². The molecule has 0 saturated heterocycles. The van der Waals surface area contributed by atoms with Gasteiger partial charge in [-0.3, -0.25) is 10.5 Å². The average Bonchev–Trinajstić information content (AvgIpc) is 2.79. The molecule has 0 spiro atoms. The van der Waals surface area contributed by atoms with E-state index in [0.29, 0.717) is 0 Å². The van der Waals surface area contributed by atoms with Crippen LogP contribution in [0.2, 0.25) is 0 Å². The van der Waals surface area contributed by atoms with Crippen LogP contribution in [0.3, 0.4) is 0 Å². The van der Waals surface area contributed by atoms with Crippen molar-refractivity contribution in [1.29, 1.82) is 0 Å². The van der Waals surface area contributed by atoms with Gasteiger partial charge in [-0.25, -0.2) is 5.43 Å². The van der Waals surface area contributed by atoms with Crippen LogP contribution >= 0.6 is 11.3 Å². The van der Waals surface area contributed by atoms with E-state index in [2.05, 4.69) is 22.0 Å². The van der Waals surface area contributed by atoms with Gasteiger partial charge < -0.3 is 0 Å². The fourth-order valence-corrected chi connectivity index (χ4v) is 2.39. The van der Waals surface area contributed by atoms with Crippen molar-refractivity contribution in [3.63, 3.8) is 0 Å². The van der Waals surface area contributed by atoms with Gasteiger partial charge in [-0.2, -0.15) is 16.4 Å². The Labute approximate surface area is 92.7 Å². The molecule has 15 heavy (non-hydrogen) atoms. The zero-order chi connectivity index (χ0) is 10.8. The number of aromatic nitrogens is 2. The van der Waals surface area contributed by atoms with Gasteiger partial charge in [0.05, 0.1) is 11.7 Å². The summed E-state index contributed by atoms with van der Waals surface area (Å²) in [5, 5.41) is 8.46. The van der Waals surface area contributed by atoms with Crippen LogP contribution in [-0.2, 0) is 7.05 Å². The van der Waals surface area contributed by atoms with E-state index in [0.717, 1.165) is 11.3 Å². The number of thiophene rings is 1. The highest BCUT2D eigenvalue weighted by atomic mass is 32.1. The molecular weight excluding hydrogens is 208 g/mol. The lowest BCUT2D eigenvalue weighted by atomic mass is 10.0. The largest absolute Gasteiger partial charge is 0.275 e. The van der Waals surface area contributed by atoms with Gasteiger partial charge in [-0.05, 0) is 29.3 Å². The molecule has 1 unspecified atom stereocenters. The SMILES string of the molecule is Cc1nn(C)cc1C(NN)c1ccsc1. The summed E-state index contributed by atoms with van der Waals surface area (Å²) in [7, 11) is 1.91. The van der Waals surface area contributed by atoms with Crippen molar-refractivity contribution in [2.45, 2.75) is 13.0 Å². The van der Waals surface area contributed by atoms with Crippen molar-refractivity contribution in [3.05, 3.63) is 39.8 Å². The number of nitrogens with zero attached hydrogens (tertiary/aromatic N) is 2. The second-order valence-electron chi connectivity index (χ2n) is 3.50. The quantitative estimate of drug-likeness (QED) is 0.608. The Hall–Kier alpha value is -1.17. The topological polar surface area (TPSA) is 55.9 Å². The molecule has 0 aliphatic carbocycles. The fraction of sp³-hybridized carbons (Fsp3) is 0.300. The second-order valence-corrected chi connectivity index (χ2v) is 4.28. The minimum Gasteiger partial charge on any atom is -0.275 e. The number of hydrogen-bond donors (Lipinski definition) is 2. The highest BCUT2D eigenvalue weighted by Gasteiger charge is 2.17. The van der Waals surface area contributed by atoms with Crippen LogP contribution in [0.4, 0.5) is 0 Å². The molecule has 80 valence electrons. The Morgan fingerprint density at radius 2 is 2.40 bits per heavy atom. The second kappa shape index (κ2) is 4.14. The summed E-state index contributed by atoms with van der Waals surface area (Å²) < 4.78 is 1.81. The Bertz CT molecular complexity index is 432. The monoisotopic (exact) mass is 222 g/mol. The molecule has 2 aromatic rings. The van der Waals surface area contributed by atoms with E-state index in [-0.39, 0.29) is 6.04 Å². The number of hydrazine groups is 1. The highest BCUT2D eigenvalue weighted by Crippen LogP contribution is 2.24. The molecule has 0 saturated carbocycles. The van der Waals surface area contributed by atoms with E-state index in [1.54, 1.807) is 16.0 Å². The van der Waals surface area contributed by atoms with Gasteiger partial charge in [-0.15, -0.1) is 0 Å². The smallest absolute Gasteiger partial charge is 0.0751 e. The molecule has 0 bridgehead atoms. The van der Waals surface area contributed by atoms with Crippen molar-refractivity contribution in [3.8, 4) is 0 Å². The highest BCUT2D eigenvalue weighted by molar-refractivity contribution is 7.08. The lowest BCUT2D eigenvalue weighted by Gasteiger charge is -2.13. The van der Waals surface area contributed by atoms with E-state index in [4.69, 9.17) is 5.84 Å². The molecule has 5 heteroatoms. The van der Waals surface area contributed by atoms with E-state index in [1.165, 1.54) is 5.56 Å². The van der Waals surface area contributed by atoms with E-state index in [9.17, 15) is 0 Å². The maximum Gasteiger partial charge on any atom is 0.0751 e. The third-order valence-corrected chi connectivity index (χ3v) is 3.11. The summed E-state index contributed by atoms with van der Waals surface area (Å²) in [6.07, 6.45) is 2.00. The van der Waals surface area contributed by atoms with Crippen molar-refractivity contribution >= 4 is 11.3 Å². The Balaban J connectivity index is 2.39. The first-order chi connectivity index (χ1) is 7.22.